The maximum Gasteiger partial charge on any atom is 0.308 e. The summed E-state index contributed by atoms with van der Waals surface area (Å²) in [6, 6.07) is 5.39. The van der Waals surface area contributed by atoms with Crippen molar-refractivity contribution in [2.24, 2.45) is 0 Å². The number of halogens is 1. The van der Waals surface area contributed by atoms with Crippen LogP contribution in [0.4, 0.5) is 0 Å². The maximum absolute atomic E-state index is 12.2. The molecule has 130 valence electrons. The van der Waals surface area contributed by atoms with Gasteiger partial charge in [-0.05, 0) is 58.4 Å². The molecule has 1 heterocycles. The van der Waals surface area contributed by atoms with E-state index in [1.54, 1.807) is 16.4 Å². The molecule has 0 unspecified atom stereocenters. The standard InChI is InChI=1S/C16H24BrNO4S/c1-15(2,3)22-14(19)9-16(4,5)18-10-11-8-12(17)6-7-13(11)23(18,20)21/h6-8,20-21H,9-10H2,1-5H3. The van der Waals surface area contributed by atoms with Gasteiger partial charge in [0.25, 0.3) is 0 Å². The maximum atomic E-state index is 12.2. The first kappa shape index (κ1) is 18.7. The summed E-state index contributed by atoms with van der Waals surface area (Å²) < 4.78 is 29.2. The Labute approximate surface area is 147 Å². The summed E-state index contributed by atoms with van der Waals surface area (Å²) in [6.45, 7) is 9.48. The number of hydrogen-bond donors (Lipinski definition) is 2. The van der Waals surface area contributed by atoms with Crippen molar-refractivity contribution in [3.05, 3.63) is 28.2 Å². The Bertz CT molecular complexity index is 625. The van der Waals surface area contributed by atoms with Crippen molar-refractivity contribution >= 4 is 32.7 Å². The highest BCUT2D eigenvalue weighted by Gasteiger charge is 2.45. The Balaban J connectivity index is 2.23. The first-order valence-corrected chi connectivity index (χ1v) is 9.69. The first-order chi connectivity index (χ1) is 10.3. The largest absolute Gasteiger partial charge is 0.460 e. The Hall–Kier alpha value is -0.600. The summed E-state index contributed by atoms with van der Waals surface area (Å²) in [5.41, 5.74) is -0.447. The topological polar surface area (TPSA) is 70.0 Å². The molecule has 0 radical (unpaired) electrons. The number of carbonyl (C=O) groups excluding carboxylic acids is 1. The van der Waals surface area contributed by atoms with E-state index in [1.807, 2.05) is 40.7 Å². The van der Waals surface area contributed by atoms with E-state index < -0.39 is 21.9 Å². The van der Waals surface area contributed by atoms with Crippen LogP contribution in [0.1, 0.15) is 46.6 Å². The third-order valence-electron chi connectivity index (χ3n) is 3.61. The van der Waals surface area contributed by atoms with Crippen molar-refractivity contribution in [2.45, 2.75) is 63.6 Å². The zero-order valence-electron chi connectivity index (χ0n) is 14.1. The zero-order valence-corrected chi connectivity index (χ0v) is 16.5. The molecule has 5 nitrogen and oxygen atoms in total. The van der Waals surface area contributed by atoms with Gasteiger partial charge in [-0.1, -0.05) is 15.9 Å². The molecule has 0 aliphatic carbocycles. The number of carbonyl (C=O) groups is 1. The Kier molecular flexibility index (Phi) is 4.92. The summed E-state index contributed by atoms with van der Waals surface area (Å²) in [4.78, 5) is 12.7. The van der Waals surface area contributed by atoms with Gasteiger partial charge < -0.3 is 4.74 Å². The van der Waals surface area contributed by atoms with Gasteiger partial charge in [-0.3, -0.25) is 13.9 Å². The molecule has 0 saturated carbocycles. The van der Waals surface area contributed by atoms with Crippen LogP contribution in [0.2, 0.25) is 0 Å². The van der Waals surface area contributed by atoms with Gasteiger partial charge in [0.1, 0.15) is 5.60 Å². The molecule has 7 heteroatoms. The van der Waals surface area contributed by atoms with Crippen molar-refractivity contribution in [3.8, 4) is 0 Å². The van der Waals surface area contributed by atoms with Crippen LogP contribution in [0.3, 0.4) is 0 Å². The lowest BCUT2D eigenvalue weighted by atomic mass is 10.00. The number of benzene rings is 1. The molecule has 0 atom stereocenters. The second-order valence-electron chi connectivity index (χ2n) is 7.38. The fraction of sp³-hybridized carbons (Fsp3) is 0.562. The number of rotatable bonds is 3. The van der Waals surface area contributed by atoms with E-state index >= 15 is 0 Å². The summed E-state index contributed by atoms with van der Waals surface area (Å²) in [5.74, 6) is -0.352. The van der Waals surface area contributed by atoms with E-state index in [0.29, 0.717) is 11.4 Å². The van der Waals surface area contributed by atoms with Gasteiger partial charge in [0.2, 0.25) is 0 Å². The zero-order chi connectivity index (χ0) is 17.6. The van der Waals surface area contributed by atoms with Gasteiger partial charge in [0.05, 0.1) is 11.3 Å². The van der Waals surface area contributed by atoms with Gasteiger partial charge in [-0.25, -0.2) is 0 Å². The van der Waals surface area contributed by atoms with E-state index in [-0.39, 0.29) is 12.4 Å². The fourth-order valence-electron chi connectivity index (χ4n) is 2.68. The van der Waals surface area contributed by atoms with E-state index in [2.05, 4.69) is 15.9 Å². The lowest BCUT2D eigenvalue weighted by Crippen LogP contribution is -2.44. The predicted molar refractivity (Wildman–Crippen MR) is 95.3 cm³/mol. The SMILES string of the molecule is CC(C)(C)OC(=O)CC(C)(C)N1Cc2cc(Br)ccc2S1(O)O. The van der Waals surface area contributed by atoms with Crippen LogP contribution in [-0.2, 0) is 16.1 Å². The minimum absolute atomic E-state index is 0.0787. The molecule has 0 amide bonds. The highest BCUT2D eigenvalue weighted by atomic mass is 79.9. The molecule has 1 aliphatic rings. The molecular formula is C16H24BrNO4S. The molecule has 2 rings (SSSR count). The number of esters is 1. The van der Waals surface area contributed by atoms with E-state index in [4.69, 9.17) is 4.74 Å². The monoisotopic (exact) mass is 405 g/mol. The highest BCUT2D eigenvalue weighted by molar-refractivity contribution is 9.10. The second-order valence-corrected chi connectivity index (χ2v) is 10.2. The second kappa shape index (κ2) is 6.04. The fourth-order valence-corrected chi connectivity index (χ4v) is 5.12. The number of hydrogen-bond acceptors (Lipinski definition) is 5. The van der Waals surface area contributed by atoms with Crippen LogP contribution in [0.15, 0.2) is 27.6 Å². The van der Waals surface area contributed by atoms with Crippen LogP contribution in [0.25, 0.3) is 0 Å². The Morgan fingerprint density at radius 3 is 2.48 bits per heavy atom. The third kappa shape index (κ3) is 4.09. The van der Waals surface area contributed by atoms with Gasteiger partial charge in [0.15, 0.2) is 0 Å². The Morgan fingerprint density at radius 1 is 1.30 bits per heavy atom. The highest BCUT2D eigenvalue weighted by Crippen LogP contribution is 2.62. The number of nitrogens with zero attached hydrogens (tertiary/aromatic N) is 1. The Morgan fingerprint density at radius 2 is 1.91 bits per heavy atom. The molecule has 1 aromatic carbocycles. The van der Waals surface area contributed by atoms with Crippen molar-refractivity contribution in [1.82, 2.24) is 4.31 Å². The van der Waals surface area contributed by atoms with E-state index in [0.717, 1.165) is 10.0 Å². The molecular weight excluding hydrogens is 382 g/mol. The summed E-state index contributed by atoms with van der Waals surface area (Å²) in [7, 11) is -3.11. The van der Waals surface area contributed by atoms with Crippen LogP contribution < -0.4 is 0 Å². The summed E-state index contributed by atoms with van der Waals surface area (Å²) in [5, 5.41) is 0. The van der Waals surface area contributed by atoms with E-state index in [9.17, 15) is 13.9 Å². The van der Waals surface area contributed by atoms with Crippen LogP contribution in [0, 0.1) is 0 Å². The molecule has 1 aromatic rings. The van der Waals surface area contributed by atoms with E-state index in [1.165, 1.54) is 0 Å². The predicted octanol–water partition coefficient (Wildman–Crippen LogP) is 4.80. The normalized spacial score (nSPS) is 19.3. The minimum Gasteiger partial charge on any atom is -0.460 e. The lowest BCUT2D eigenvalue weighted by molar-refractivity contribution is -0.157. The average Bonchev–Trinajstić information content (AvgIpc) is 2.57. The average molecular weight is 406 g/mol. The molecule has 0 aromatic heterocycles. The molecule has 0 saturated heterocycles. The van der Waals surface area contributed by atoms with Crippen molar-refractivity contribution in [2.75, 3.05) is 0 Å². The van der Waals surface area contributed by atoms with Crippen LogP contribution in [-0.4, -0.2) is 30.5 Å². The molecule has 2 N–H and O–H groups in total. The quantitative estimate of drug-likeness (QED) is 0.706. The van der Waals surface area contributed by atoms with Crippen molar-refractivity contribution < 1.29 is 18.6 Å². The molecule has 1 aliphatic heterocycles. The summed E-state index contributed by atoms with van der Waals surface area (Å²) >= 11 is 3.40. The number of fused-ring (bicyclic) bond motifs is 1. The number of ether oxygens (including phenoxy) is 1. The molecule has 0 spiro atoms. The first-order valence-electron chi connectivity index (χ1n) is 7.39. The minimum atomic E-state index is -3.11. The van der Waals surface area contributed by atoms with Gasteiger partial charge in [-0.15, -0.1) is 10.8 Å². The van der Waals surface area contributed by atoms with Crippen molar-refractivity contribution in [1.29, 1.82) is 0 Å². The van der Waals surface area contributed by atoms with Crippen LogP contribution in [0.5, 0.6) is 0 Å². The molecule has 0 fully saturated rings. The molecule has 0 bridgehead atoms. The third-order valence-corrected chi connectivity index (χ3v) is 6.33. The van der Waals surface area contributed by atoms with Crippen LogP contribution >= 0.6 is 26.7 Å². The van der Waals surface area contributed by atoms with Gasteiger partial charge in [-0.2, -0.15) is 4.31 Å². The van der Waals surface area contributed by atoms with Gasteiger partial charge >= 0.3 is 5.97 Å². The lowest BCUT2D eigenvalue weighted by Gasteiger charge is -2.46. The summed E-state index contributed by atoms with van der Waals surface area (Å²) in [6.07, 6.45) is 0.0787. The smallest absolute Gasteiger partial charge is 0.308 e. The van der Waals surface area contributed by atoms with Gasteiger partial charge in [0, 0.05) is 16.6 Å². The molecule has 23 heavy (non-hydrogen) atoms. The van der Waals surface area contributed by atoms with Crippen molar-refractivity contribution in [3.63, 3.8) is 0 Å².